The van der Waals surface area contributed by atoms with Crippen molar-refractivity contribution in [2.45, 2.75) is 25.4 Å². The van der Waals surface area contributed by atoms with Crippen LogP contribution in [-0.4, -0.2) is 54.5 Å². The van der Waals surface area contributed by atoms with Crippen LogP contribution in [-0.2, 0) is 4.74 Å². The highest BCUT2D eigenvalue weighted by molar-refractivity contribution is 7.99. The molecule has 5 nitrogen and oxygen atoms in total. The van der Waals surface area contributed by atoms with Gasteiger partial charge in [0.05, 0.1) is 31.0 Å². The predicted molar refractivity (Wildman–Crippen MR) is 92.3 cm³/mol. The zero-order chi connectivity index (χ0) is 16.5. The summed E-state index contributed by atoms with van der Waals surface area (Å²) in [6.07, 6.45) is 1.76. The third-order valence-corrected chi connectivity index (χ3v) is 4.89. The molecular weight excluding hydrogens is 314 g/mol. The van der Waals surface area contributed by atoms with E-state index in [0.717, 1.165) is 24.3 Å². The molecule has 1 aromatic rings. The summed E-state index contributed by atoms with van der Waals surface area (Å²) < 4.78 is 11.4. The van der Waals surface area contributed by atoms with E-state index in [2.05, 4.69) is 5.32 Å². The minimum absolute atomic E-state index is 0.00396. The van der Waals surface area contributed by atoms with E-state index < -0.39 is 0 Å². The van der Waals surface area contributed by atoms with Crippen LogP contribution in [0.2, 0.25) is 0 Å². The third kappa shape index (κ3) is 5.12. The Morgan fingerprint density at radius 3 is 2.78 bits per heavy atom. The highest BCUT2D eigenvalue weighted by Crippen LogP contribution is 2.30. The lowest BCUT2D eigenvalue weighted by molar-refractivity contribution is -0.0608. The Hall–Kier alpha value is -1.24. The molecule has 1 saturated heterocycles. The molecule has 1 heterocycles. The van der Waals surface area contributed by atoms with Crippen molar-refractivity contribution >= 4 is 17.7 Å². The Labute approximate surface area is 141 Å². The first kappa shape index (κ1) is 18.1. The van der Waals surface area contributed by atoms with Crippen molar-refractivity contribution in [3.63, 3.8) is 0 Å². The molecule has 2 N–H and O–H groups in total. The van der Waals surface area contributed by atoms with Crippen LogP contribution in [0.15, 0.2) is 24.3 Å². The molecule has 1 aliphatic heterocycles. The number of rotatable bonds is 8. The van der Waals surface area contributed by atoms with Crippen molar-refractivity contribution in [3.8, 4) is 5.75 Å². The summed E-state index contributed by atoms with van der Waals surface area (Å²) in [5.41, 5.74) is 0.168. The topological polar surface area (TPSA) is 67.8 Å². The van der Waals surface area contributed by atoms with E-state index in [1.54, 1.807) is 12.1 Å². The van der Waals surface area contributed by atoms with Crippen LogP contribution in [0, 0.1) is 0 Å². The van der Waals surface area contributed by atoms with Gasteiger partial charge in [0.15, 0.2) is 0 Å². The lowest BCUT2D eigenvalue weighted by Gasteiger charge is -2.37. The summed E-state index contributed by atoms with van der Waals surface area (Å²) in [7, 11) is 0. The summed E-state index contributed by atoms with van der Waals surface area (Å²) in [5, 5.41) is 12.0. The average Bonchev–Trinajstić information content (AvgIpc) is 2.60. The van der Waals surface area contributed by atoms with Crippen LogP contribution >= 0.6 is 11.8 Å². The zero-order valence-corrected chi connectivity index (χ0v) is 14.4. The number of hydrogen-bond acceptors (Lipinski definition) is 5. The molecule has 0 aliphatic carbocycles. The lowest BCUT2D eigenvalue weighted by Crippen LogP contribution is -2.48. The molecule has 0 spiro atoms. The normalized spacial score (nSPS) is 16.8. The summed E-state index contributed by atoms with van der Waals surface area (Å²) in [5.74, 6) is 2.46. The third-order valence-electron chi connectivity index (χ3n) is 3.91. The molecule has 0 bridgehead atoms. The molecule has 0 aromatic heterocycles. The van der Waals surface area contributed by atoms with E-state index in [1.165, 1.54) is 0 Å². The van der Waals surface area contributed by atoms with Gasteiger partial charge in [-0.25, -0.2) is 0 Å². The number of aliphatic hydroxyl groups excluding tert-OH is 1. The molecule has 6 heteroatoms. The van der Waals surface area contributed by atoms with Gasteiger partial charge in [0, 0.05) is 6.54 Å². The number of hydrogen-bond donors (Lipinski definition) is 2. The van der Waals surface area contributed by atoms with E-state index >= 15 is 0 Å². The Bertz CT molecular complexity index is 503. The quantitative estimate of drug-likeness (QED) is 0.759. The minimum atomic E-state index is -0.371. The fourth-order valence-electron chi connectivity index (χ4n) is 2.65. The SMILES string of the molecule is CCOc1ccccc1C(=O)NCC1(OCCO)CCSCC1. The van der Waals surface area contributed by atoms with Gasteiger partial charge in [-0.2, -0.15) is 11.8 Å². The monoisotopic (exact) mass is 339 g/mol. The number of thioether (sulfide) groups is 1. The van der Waals surface area contributed by atoms with Gasteiger partial charge in [0.1, 0.15) is 5.75 Å². The van der Waals surface area contributed by atoms with Gasteiger partial charge in [-0.15, -0.1) is 0 Å². The van der Waals surface area contributed by atoms with Gasteiger partial charge in [-0.05, 0) is 43.4 Å². The molecule has 128 valence electrons. The largest absolute Gasteiger partial charge is 0.493 e. The van der Waals surface area contributed by atoms with Crippen LogP contribution in [0.3, 0.4) is 0 Å². The molecule has 0 saturated carbocycles. The number of benzene rings is 1. The maximum absolute atomic E-state index is 12.5. The molecule has 1 aromatic carbocycles. The molecule has 0 atom stereocenters. The maximum atomic E-state index is 12.5. The van der Waals surface area contributed by atoms with E-state index in [-0.39, 0.29) is 18.1 Å². The summed E-state index contributed by atoms with van der Waals surface area (Å²) >= 11 is 1.90. The Balaban J connectivity index is 2.01. The molecular formula is C17H25NO4S. The van der Waals surface area contributed by atoms with Crippen molar-refractivity contribution in [1.29, 1.82) is 0 Å². The molecule has 1 aliphatic rings. The second kappa shape index (κ2) is 9.15. The van der Waals surface area contributed by atoms with Gasteiger partial charge >= 0.3 is 0 Å². The smallest absolute Gasteiger partial charge is 0.255 e. The van der Waals surface area contributed by atoms with Crippen molar-refractivity contribution in [2.75, 3.05) is 37.9 Å². The van der Waals surface area contributed by atoms with E-state index in [0.29, 0.717) is 31.1 Å². The Morgan fingerprint density at radius 2 is 2.09 bits per heavy atom. The number of aliphatic hydroxyl groups is 1. The van der Waals surface area contributed by atoms with Crippen LogP contribution in [0.5, 0.6) is 5.75 Å². The summed E-state index contributed by atoms with van der Waals surface area (Å²) in [4.78, 5) is 12.5. The summed E-state index contributed by atoms with van der Waals surface area (Å²) in [6.45, 7) is 3.16. The average molecular weight is 339 g/mol. The number of carbonyl (C=O) groups is 1. The van der Waals surface area contributed by atoms with Crippen LogP contribution in [0.25, 0.3) is 0 Å². The fraction of sp³-hybridized carbons (Fsp3) is 0.588. The van der Waals surface area contributed by atoms with Crippen molar-refractivity contribution in [2.24, 2.45) is 0 Å². The molecule has 2 rings (SSSR count). The standard InChI is InChI=1S/C17H25NO4S/c1-2-21-15-6-4-3-5-14(15)16(20)18-13-17(22-10-9-19)7-11-23-12-8-17/h3-6,19H,2,7-13H2,1H3,(H,18,20). The number of amides is 1. The van der Waals surface area contributed by atoms with E-state index in [4.69, 9.17) is 14.6 Å². The first-order valence-electron chi connectivity index (χ1n) is 8.03. The van der Waals surface area contributed by atoms with E-state index in [1.807, 2.05) is 30.8 Å². The molecule has 1 amide bonds. The number of carbonyl (C=O) groups excluding carboxylic acids is 1. The minimum Gasteiger partial charge on any atom is -0.493 e. The lowest BCUT2D eigenvalue weighted by atomic mass is 9.96. The van der Waals surface area contributed by atoms with Crippen LogP contribution in [0.4, 0.5) is 0 Å². The van der Waals surface area contributed by atoms with Gasteiger partial charge in [-0.1, -0.05) is 12.1 Å². The van der Waals surface area contributed by atoms with Gasteiger partial charge in [-0.3, -0.25) is 4.79 Å². The molecule has 0 unspecified atom stereocenters. The van der Waals surface area contributed by atoms with Crippen LogP contribution < -0.4 is 10.1 Å². The summed E-state index contributed by atoms with van der Waals surface area (Å²) in [6, 6.07) is 7.24. The first-order valence-corrected chi connectivity index (χ1v) is 9.19. The van der Waals surface area contributed by atoms with Crippen LogP contribution in [0.1, 0.15) is 30.1 Å². The molecule has 23 heavy (non-hydrogen) atoms. The van der Waals surface area contributed by atoms with Crippen molar-refractivity contribution in [3.05, 3.63) is 29.8 Å². The second-order valence-corrected chi connectivity index (χ2v) is 6.70. The van der Waals surface area contributed by atoms with Gasteiger partial charge in [0.25, 0.3) is 5.91 Å². The molecule has 0 radical (unpaired) electrons. The highest BCUT2D eigenvalue weighted by atomic mass is 32.2. The van der Waals surface area contributed by atoms with Gasteiger partial charge < -0.3 is 19.9 Å². The maximum Gasteiger partial charge on any atom is 0.255 e. The number of para-hydroxylation sites is 1. The first-order chi connectivity index (χ1) is 11.2. The Morgan fingerprint density at radius 1 is 1.35 bits per heavy atom. The zero-order valence-electron chi connectivity index (χ0n) is 13.5. The van der Waals surface area contributed by atoms with Crippen molar-refractivity contribution in [1.82, 2.24) is 5.32 Å². The number of nitrogens with one attached hydrogen (secondary N) is 1. The second-order valence-electron chi connectivity index (χ2n) is 5.48. The molecule has 1 fully saturated rings. The fourth-order valence-corrected chi connectivity index (χ4v) is 3.89. The van der Waals surface area contributed by atoms with Gasteiger partial charge in [0.2, 0.25) is 0 Å². The Kier molecular flexibility index (Phi) is 7.20. The predicted octanol–water partition coefficient (Wildman–Crippen LogP) is 2.09. The van der Waals surface area contributed by atoms with E-state index in [9.17, 15) is 4.79 Å². The number of ether oxygens (including phenoxy) is 2. The highest BCUT2D eigenvalue weighted by Gasteiger charge is 2.33. The van der Waals surface area contributed by atoms with Crippen molar-refractivity contribution < 1.29 is 19.4 Å².